The van der Waals surface area contributed by atoms with E-state index in [2.05, 4.69) is 0 Å². The van der Waals surface area contributed by atoms with Crippen LogP contribution in [0, 0.1) is 0 Å². The van der Waals surface area contributed by atoms with Gasteiger partial charge in [-0.05, 0) is 73.3 Å². The second kappa shape index (κ2) is 11.0. The molecule has 0 spiro atoms. The molecule has 0 saturated carbocycles. The number of hydrogen-bond acceptors (Lipinski definition) is 7. The molecule has 180 valence electrons. The van der Waals surface area contributed by atoms with Crippen molar-refractivity contribution in [3.63, 3.8) is 0 Å². The van der Waals surface area contributed by atoms with E-state index < -0.39 is 11.9 Å². The van der Waals surface area contributed by atoms with Gasteiger partial charge in [-0.15, -0.1) is 0 Å². The van der Waals surface area contributed by atoms with Crippen LogP contribution in [-0.2, 0) is 9.53 Å². The Bertz CT molecular complexity index is 1300. The highest BCUT2D eigenvalue weighted by Gasteiger charge is 2.35. The fourth-order valence-electron chi connectivity index (χ4n) is 3.24. The first-order chi connectivity index (χ1) is 16.9. The second-order valence-electron chi connectivity index (χ2n) is 7.25. The highest BCUT2D eigenvalue weighted by atomic mass is 35.5. The predicted octanol–water partition coefficient (Wildman–Crippen LogP) is 6.55. The molecule has 0 bridgehead atoms. The Kier molecular flexibility index (Phi) is 7.85. The third-order valence-electron chi connectivity index (χ3n) is 4.92. The number of benzene rings is 2. The molecule has 1 aliphatic heterocycles. The van der Waals surface area contributed by atoms with Gasteiger partial charge < -0.3 is 13.9 Å². The van der Waals surface area contributed by atoms with Gasteiger partial charge in [0.2, 0.25) is 0 Å². The Hall–Kier alpha value is -3.20. The van der Waals surface area contributed by atoms with Crippen LogP contribution >= 0.6 is 35.0 Å². The number of nitrogens with zero attached hydrogens (tertiary/aromatic N) is 1. The van der Waals surface area contributed by atoms with E-state index in [4.69, 9.17) is 37.1 Å². The number of hydrogen-bond donors (Lipinski definition) is 0. The molecule has 0 radical (unpaired) electrons. The van der Waals surface area contributed by atoms with E-state index in [-0.39, 0.29) is 40.5 Å². The van der Waals surface area contributed by atoms with Crippen LogP contribution in [0.4, 0.5) is 4.79 Å². The molecule has 4 rings (SSSR count). The van der Waals surface area contributed by atoms with Crippen LogP contribution in [0.25, 0.3) is 17.4 Å². The maximum absolute atomic E-state index is 12.7. The molecule has 35 heavy (non-hydrogen) atoms. The van der Waals surface area contributed by atoms with Crippen molar-refractivity contribution in [2.75, 3.05) is 19.8 Å². The van der Waals surface area contributed by atoms with E-state index in [9.17, 15) is 14.4 Å². The van der Waals surface area contributed by atoms with Crippen LogP contribution in [0.5, 0.6) is 5.75 Å². The Morgan fingerprint density at radius 1 is 1.09 bits per heavy atom. The molecule has 0 atom stereocenters. The Morgan fingerprint density at radius 3 is 2.60 bits per heavy atom. The van der Waals surface area contributed by atoms with Crippen LogP contribution in [0.3, 0.4) is 0 Å². The van der Waals surface area contributed by atoms with Gasteiger partial charge in [-0.2, -0.15) is 0 Å². The Balaban J connectivity index is 1.43. The fourth-order valence-corrected chi connectivity index (χ4v) is 4.40. The topological polar surface area (TPSA) is 86.0 Å². The number of carbonyl (C=O) groups excluding carboxylic acids is 3. The summed E-state index contributed by atoms with van der Waals surface area (Å²) in [7, 11) is 0. The average molecular weight is 532 g/mol. The molecule has 0 aliphatic carbocycles. The molecule has 0 unspecified atom stereocenters. The van der Waals surface area contributed by atoms with Crippen LogP contribution < -0.4 is 4.74 Å². The summed E-state index contributed by atoms with van der Waals surface area (Å²) in [5.74, 6) is 0.492. The lowest BCUT2D eigenvalue weighted by Gasteiger charge is -2.13. The minimum absolute atomic E-state index is 0.107. The Labute approximate surface area is 215 Å². The maximum atomic E-state index is 12.7. The summed E-state index contributed by atoms with van der Waals surface area (Å²) in [5.41, 5.74) is 0.843. The number of imide groups is 1. The number of amides is 2. The zero-order valence-electron chi connectivity index (χ0n) is 18.5. The van der Waals surface area contributed by atoms with Gasteiger partial charge in [-0.1, -0.05) is 23.2 Å². The molecule has 1 aromatic heterocycles. The molecule has 0 N–H and O–H groups in total. The van der Waals surface area contributed by atoms with Crippen molar-refractivity contribution >= 4 is 58.2 Å². The quantitative estimate of drug-likeness (QED) is 0.240. The van der Waals surface area contributed by atoms with Crippen molar-refractivity contribution < 1.29 is 28.3 Å². The minimum Gasteiger partial charge on any atom is -0.492 e. The summed E-state index contributed by atoms with van der Waals surface area (Å²) in [6.07, 6.45) is 1.51. The molecule has 2 amide bonds. The number of ether oxygens (including phenoxy) is 2. The van der Waals surface area contributed by atoms with Crippen LogP contribution in [0.2, 0.25) is 10.0 Å². The van der Waals surface area contributed by atoms with E-state index in [1.807, 2.05) is 0 Å². The van der Waals surface area contributed by atoms with Gasteiger partial charge in [0.15, 0.2) is 0 Å². The van der Waals surface area contributed by atoms with Crippen molar-refractivity contribution in [2.24, 2.45) is 0 Å². The molecular formula is C25H19Cl2NO6S. The average Bonchev–Trinajstić information content (AvgIpc) is 3.40. The van der Waals surface area contributed by atoms with Crippen molar-refractivity contribution in [1.82, 2.24) is 4.90 Å². The number of halogens is 2. The molecule has 1 fully saturated rings. The van der Waals surface area contributed by atoms with E-state index in [1.54, 1.807) is 61.5 Å². The molecule has 10 heteroatoms. The van der Waals surface area contributed by atoms with Gasteiger partial charge in [0, 0.05) is 16.7 Å². The lowest BCUT2D eigenvalue weighted by molar-refractivity contribution is -0.123. The fraction of sp³-hybridized carbons (Fsp3) is 0.160. The van der Waals surface area contributed by atoms with Gasteiger partial charge in [-0.25, -0.2) is 4.79 Å². The number of carbonyl (C=O) groups is 3. The summed E-state index contributed by atoms with van der Waals surface area (Å²) in [6.45, 7) is 2.20. The summed E-state index contributed by atoms with van der Waals surface area (Å²) >= 11 is 12.8. The highest BCUT2D eigenvalue weighted by Crippen LogP contribution is 2.34. The van der Waals surface area contributed by atoms with E-state index in [1.165, 1.54) is 6.08 Å². The van der Waals surface area contributed by atoms with E-state index in [0.717, 1.165) is 16.7 Å². The summed E-state index contributed by atoms with van der Waals surface area (Å²) in [4.78, 5) is 38.6. The zero-order chi connectivity index (χ0) is 24.9. The summed E-state index contributed by atoms with van der Waals surface area (Å²) < 4.78 is 16.4. The van der Waals surface area contributed by atoms with Gasteiger partial charge in [0.1, 0.15) is 23.9 Å². The van der Waals surface area contributed by atoms with Gasteiger partial charge in [-0.3, -0.25) is 14.5 Å². The van der Waals surface area contributed by atoms with Crippen LogP contribution in [0.1, 0.15) is 23.0 Å². The van der Waals surface area contributed by atoms with Crippen molar-refractivity contribution in [1.29, 1.82) is 0 Å². The molecule has 2 aromatic carbocycles. The number of esters is 1. The zero-order valence-corrected chi connectivity index (χ0v) is 20.8. The third kappa shape index (κ3) is 5.90. The van der Waals surface area contributed by atoms with Crippen LogP contribution in [0.15, 0.2) is 63.9 Å². The summed E-state index contributed by atoms with van der Waals surface area (Å²) in [5, 5.41) is 0.474. The molecule has 7 nitrogen and oxygen atoms in total. The smallest absolute Gasteiger partial charge is 0.339 e. The standard InChI is InChI=1S/C25H19Cl2NO6S/c1-2-32-24(30)19-13-15(3-9-20(19)27)21-10-8-18(34-21)14-22-23(29)28(25(31)35-22)11-12-33-17-6-4-16(26)5-7-17/h3-10,13-14H,2,11-12H2,1H3/b22-14-. The number of rotatable bonds is 8. The lowest BCUT2D eigenvalue weighted by atomic mass is 10.1. The van der Waals surface area contributed by atoms with Gasteiger partial charge in [0.25, 0.3) is 11.1 Å². The monoisotopic (exact) mass is 531 g/mol. The number of thioether (sulfide) groups is 1. The molecule has 1 saturated heterocycles. The molecule has 2 heterocycles. The van der Waals surface area contributed by atoms with Crippen molar-refractivity contribution in [3.8, 4) is 17.1 Å². The van der Waals surface area contributed by atoms with E-state index in [0.29, 0.717) is 27.9 Å². The van der Waals surface area contributed by atoms with E-state index >= 15 is 0 Å². The Morgan fingerprint density at radius 2 is 1.86 bits per heavy atom. The largest absolute Gasteiger partial charge is 0.492 e. The van der Waals surface area contributed by atoms with Gasteiger partial charge >= 0.3 is 5.97 Å². The summed E-state index contributed by atoms with van der Waals surface area (Å²) in [6, 6.07) is 15.1. The SMILES string of the molecule is CCOC(=O)c1cc(-c2ccc(/C=C3\SC(=O)N(CCOc4ccc(Cl)cc4)C3=O)o2)ccc1Cl. The predicted molar refractivity (Wildman–Crippen MR) is 135 cm³/mol. The minimum atomic E-state index is -0.528. The second-order valence-corrected chi connectivity index (χ2v) is 9.09. The number of furan rings is 1. The maximum Gasteiger partial charge on any atom is 0.339 e. The third-order valence-corrected chi connectivity index (χ3v) is 6.41. The molecule has 1 aliphatic rings. The van der Waals surface area contributed by atoms with Gasteiger partial charge in [0.05, 0.1) is 28.6 Å². The van der Waals surface area contributed by atoms with Crippen LogP contribution in [-0.4, -0.2) is 41.8 Å². The highest BCUT2D eigenvalue weighted by molar-refractivity contribution is 8.18. The first kappa shape index (κ1) is 24.9. The molecular weight excluding hydrogens is 513 g/mol. The van der Waals surface area contributed by atoms with Crippen molar-refractivity contribution in [2.45, 2.75) is 6.92 Å². The first-order valence-corrected chi connectivity index (χ1v) is 12.1. The normalized spacial score (nSPS) is 14.6. The first-order valence-electron chi connectivity index (χ1n) is 10.6. The lowest BCUT2D eigenvalue weighted by Crippen LogP contribution is -2.32. The van der Waals surface area contributed by atoms with Crippen molar-refractivity contribution in [3.05, 3.63) is 80.9 Å². The molecule has 3 aromatic rings.